The largest absolute Gasteiger partial charge is 0.484 e. The Balaban J connectivity index is 1.54. The average molecular weight is 392 g/mol. The first kappa shape index (κ1) is 17.2. The van der Waals surface area contributed by atoms with Crippen LogP contribution in [0.2, 0.25) is 0 Å². The van der Waals surface area contributed by atoms with Gasteiger partial charge >= 0.3 is 0 Å². The van der Waals surface area contributed by atoms with Crippen LogP contribution in [0.1, 0.15) is 19.8 Å². The van der Waals surface area contributed by atoms with E-state index in [0.29, 0.717) is 6.10 Å². The van der Waals surface area contributed by atoms with E-state index in [4.69, 9.17) is 9.47 Å². The lowest BCUT2D eigenvalue weighted by atomic mass is 10.1. The molecule has 0 unspecified atom stereocenters. The summed E-state index contributed by atoms with van der Waals surface area (Å²) >= 11 is 3.47. The first-order valence-corrected chi connectivity index (χ1v) is 9.16. The van der Waals surface area contributed by atoms with Crippen molar-refractivity contribution in [2.75, 3.05) is 26.3 Å². The van der Waals surface area contributed by atoms with E-state index in [0.717, 1.165) is 53.5 Å². The molecule has 0 atom stereocenters. The first-order valence-electron chi connectivity index (χ1n) is 8.37. The second kappa shape index (κ2) is 7.99. The molecule has 128 valence electrons. The molecule has 24 heavy (non-hydrogen) atoms. The molecule has 4 nitrogen and oxygen atoms in total. The zero-order valence-electron chi connectivity index (χ0n) is 13.8. The number of hydrogen-bond donors (Lipinski definition) is 0. The molecule has 0 saturated carbocycles. The number of halogens is 1. The van der Waals surface area contributed by atoms with Gasteiger partial charge in [-0.2, -0.15) is 0 Å². The maximum absolute atomic E-state index is 12.3. The van der Waals surface area contributed by atoms with E-state index in [1.807, 2.05) is 42.2 Å². The Morgan fingerprint density at radius 2 is 1.88 bits per heavy atom. The van der Waals surface area contributed by atoms with Crippen molar-refractivity contribution in [2.24, 2.45) is 0 Å². The van der Waals surface area contributed by atoms with Gasteiger partial charge in [-0.05, 0) is 54.8 Å². The second-order valence-corrected chi connectivity index (χ2v) is 6.89. The van der Waals surface area contributed by atoms with Gasteiger partial charge in [0.25, 0.3) is 5.91 Å². The molecular weight excluding hydrogens is 370 g/mol. The standard InChI is InChI=1S/C19H22BrNO3/c1-2-23-17-7-9-21(10-8-17)19(22)13-24-18-6-4-14-11-16(20)5-3-15(14)12-18/h3-6,11-12,17H,2,7-10,13H2,1H3. The minimum atomic E-state index is 0.0425. The highest BCUT2D eigenvalue weighted by Gasteiger charge is 2.23. The topological polar surface area (TPSA) is 38.8 Å². The second-order valence-electron chi connectivity index (χ2n) is 5.98. The highest BCUT2D eigenvalue weighted by atomic mass is 79.9. The van der Waals surface area contributed by atoms with Crippen molar-refractivity contribution in [2.45, 2.75) is 25.9 Å². The summed E-state index contributed by atoms with van der Waals surface area (Å²) in [4.78, 5) is 14.2. The number of fused-ring (bicyclic) bond motifs is 1. The molecule has 1 heterocycles. The number of rotatable bonds is 5. The van der Waals surface area contributed by atoms with Gasteiger partial charge in [0.2, 0.25) is 0 Å². The number of benzene rings is 2. The quantitative estimate of drug-likeness (QED) is 0.772. The van der Waals surface area contributed by atoms with Crippen LogP contribution in [0.15, 0.2) is 40.9 Å². The lowest BCUT2D eigenvalue weighted by molar-refractivity contribution is -0.135. The summed E-state index contributed by atoms with van der Waals surface area (Å²) in [5.74, 6) is 0.767. The van der Waals surface area contributed by atoms with E-state index in [1.54, 1.807) is 0 Å². The molecular formula is C19H22BrNO3. The van der Waals surface area contributed by atoms with E-state index in [-0.39, 0.29) is 12.5 Å². The fourth-order valence-electron chi connectivity index (χ4n) is 3.03. The monoisotopic (exact) mass is 391 g/mol. The number of carbonyl (C=O) groups excluding carboxylic acids is 1. The molecule has 0 aromatic heterocycles. The van der Waals surface area contributed by atoms with Crippen LogP contribution < -0.4 is 4.74 Å². The zero-order chi connectivity index (χ0) is 16.9. The summed E-state index contributed by atoms with van der Waals surface area (Å²) in [6.45, 7) is 4.33. The molecule has 0 bridgehead atoms. The smallest absolute Gasteiger partial charge is 0.260 e. The molecule has 1 saturated heterocycles. The Morgan fingerprint density at radius 3 is 2.62 bits per heavy atom. The van der Waals surface area contributed by atoms with E-state index in [1.165, 1.54) is 0 Å². The molecule has 2 aromatic carbocycles. The van der Waals surface area contributed by atoms with E-state index < -0.39 is 0 Å². The predicted molar refractivity (Wildman–Crippen MR) is 98.4 cm³/mol. The third kappa shape index (κ3) is 4.28. The molecule has 2 aromatic rings. The van der Waals surface area contributed by atoms with Crippen molar-refractivity contribution < 1.29 is 14.3 Å². The third-order valence-electron chi connectivity index (χ3n) is 4.33. The Labute approximate surface area is 150 Å². The van der Waals surface area contributed by atoms with Crippen molar-refractivity contribution in [3.8, 4) is 5.75 Å². The summed E-state index contributed by atoms with van der Waals surface area (Å²) in [5.41, 5.74) is 0. The van der Waals surface area contributed by atoms with Crippen molar-refractivity contribution in [1.82, 2.24) is 4.90 Å². The van der Waals surface area contributed by atoms with Gasteiger partial charge in [-0.3, -0.25) is 4.79 Å². The minimum absolute atomic E-state index is 0.0425. The van der Waals surface area contributed by atoms with Crippen LogP contribution in [-0.4, -0.2) is 43.2 Å². The predicted octanol–water partition coefficient (Wildman–Crippen LogP) is 4.01. The zero-order valence-corrected chi connectivity index (χ0v) is 15.4. The first-order chi connectivity index (χ1) is 11.7. The lowest BCUT2D eigenvalue weighted by Crippen LogP contribution is -2.43. The molecule has 1 amide bonds. The summed E-state index contributed by atoms with van der Waals surface area (Å²) in [7, 11) is 0. The van der Waals surface area contributed by atoms with E-state index in [2.05, 4.69) is 22.0 Å². The van der Waals surface area contributed by atoms with Crippen LogP contribution >= 0.6 is 15.9 Å². The summed E-state index contributed by atoms with van der Waals surface area (Å²) in [6, 6.07) is 12.0. The number of likely N-dealkylation sites (tertiary alicyclic amines) is 1. The van der Waals surface area contributed by atoms with Gasteiger partial charge in [0.15, 0.2) is 6.61 Å². The van der Waals surface area contributed by atoms with E-state index in [9.17, 15) is 4.79 Å². The Hall–Kier alpha value is -1.59. The third-order valence-corrected chi connectivity index (χ3v) is 4.83. The number of hydrogen-bond acceptors (Lipinski definition) is 3. The van der Waals surface area contributed by atoms with Crippen molar-refractivity contribution in [3.05, 3.63) is 40.9 Å². The van der Waals surface area contributed by atoms with Gasteiger partial charge < -0.3 is 14.4 Å². The summed E-state index contributed by atoms with van der Waals surface area (Å²) < 4.78 is 12.4. The van der Waals surface area contributed by atoms with Crippen molar-refractivity contribution in [3.63, 3.8) is 0 Å². The highest BCUT2D eigenvalue weighted by Crippen LogP contribution is 2.24. The number of amides is 1. The van der Waals surface area contributed by atoms with Crippen LogP contribution in [-0.2, 0) is 9.53 Å². The van der Waals surface area contributed by atoms with Crippen LogP contribution in [0.25, 0.3) is 10.8 Å². The van der Waals surface area contributed by atoms with Crippen molar-refractivity contribution in [1.29, 1.82) is 0 Å². The van der Waals surface area contributed by atoms with E-state index >= 15 is 0 Å². The average Bonchev–Trinajstić information content (AvgIpc) is 2.60. The summed E-state index contributed by atoms with van der Waals surface area (Å²) in [5, 5.41) is 2.24. The Morgan fingerprint density at radius 1 is 1.17 bits per heavy atom. The SMILES string of the molecule is CCOC1CCN(C(=O)COc2ccc3cc(Br)ccc3c2)CC1. The van der Waals surface area contributed by atoms with Crippen LogP contribution in [0.3, 0.4) is 0 Å². The Bertz CT molecular complexity index is 711. The Kier molecular flexibility index (Phi) is 5.74. The van der Waals surface area contributed by atoms with Crippen LogP contribution in [0.5, 0.6) is 5.75 Å². The molecule has 1 aliphatic heterocycles. The lowest BCUT2D eigenvalue weighted by Gasteiger charge is -2.31. The fourth-order valence-corrected chi connectivity index (χ4v) is 3.41. The normalized spacial score (nSPS) is 15.7. The summed E-state index contributed by atoms with van der Waals surface area (Å²) in [6.07, 6.45) is 2.11. The van der Waals surface area contributed by atoms with Gasteiger partial charge in [-0.1, -0.05) is 28.1 Å². The molecule has 0 radical (unpaired) electrons. The number of piperidine rings is 1. The van der Waals surface area contributed by atoms with Crippen LogP contribution in [0, 0.1) is 0 Å². The molecule has 1 fully saturated rings. The number of carbonyl (C=O) groups is 1. The van der Waals surface area contributed by atoms with Gasteiger partial charge in [0, 0.05) is 24.2 Å². The molecule has 0 aliphatic carbocycles. The number of nitrogens with zero attached hydrogens (tertiary/aromatic N) is 1. The molecule has 0 N–H and O–H groups in total. The van der Waals surface area contributed by atoms with Gasteiger partial charge in [0.05, 0.1) is 6.10 Å². The highest BCUT2D eigenvalue weighted by molar-refractivity contribution is 9.10. The van der Waals surface area contributed by atoms with Crippen LogP contribution in [0.4, 0.5) is 0 Å². The molecule has 3 rings (SSSR count). The van der Waals surface area contributed by atoms with Gasteiger partial charge in [-0.25, -0.2) is 0 Å². The molecule has 5 heteroatoms. The molecule has 0 spiro atoms. The van der Waals surface area contributed by atoms with Gasteiger partial charge in [-0.15, -0.1) is 0 Å². The fraction of sp³-hybridized carbons (Fsp3) is 0.421. The van der Waals surface area contributed by atoms with Gasteiger partial charge in [0.1, 0.15) is 5.75 Å². The molecule has 1 aliphatic rings. The van der Waals surface area contributed by atoms with Crippen molar-refractivity contribution >= 4 is 32.6 Å². The minimum Gasteiger partial charge on any atom is -0.484 e. The number of ether oxygens (including phenoxy) is 2. The maximum atomic E-state index is 12.3. The maximum Gasteiger partial charge on any atom is 0.260 e.